The third kappa shape index (κ3) is 7.18. The summed E-state index contributed by atoms with van der Waals surface area (Å²) in [5.74, 6) is -0.218. The number of carbonyl (C=O) groups is 2. The number of nitrogens with one attached hydrogen (secondary N) is 2. The van der Waals surface area contributed by atoms with Crippen molar-refractivity contribution in [2.45, 2.75) is 13.3 Å². The molecule has 0 radical (unpaired) electrons. The monoisotopic (exact) mass is 339 g/mol. The van der Waals surface area contributed by atoms with Gasteiger partial charge in [-0.2, -0.15) is 0 Å². The fraction of sp³-hybridized carbons (Fsp3) is 0.300. The van der Waals surface area contributed by atoms with Crippen molar-refractivity contribution >= 4 is 17.5 Å². The Balaban J connectivity index is 1.66. The summed E-state index contributed by atoms with van der Waals surface area (Å²) in [7, 11) is 1.76. The van der Waals surface area contributed by atoms with E-state index in [0.29, 0.717) is 6.54 Å². The molecule has 0 unspecified atom stereocenters. The maximum Gasteiger partial charge on any atom is 0.238 e. The first-order valence-corrected chi connectivity index (χ1v) is 8.38. The standard InChI is InChI=1S/C20H25N3O2/c1-16-8-10-18(11-9-16)22-20(25)15-23(2)14-19(24)21-13-12-17-6-4-3-5-7-17/h3-11H,12-15H2,1-2H3,(H,21,24)(H,22,25). The van der Waals surface area contributed by atoms with Gasteiger partial charge in [0.2, 0.25) is 11.8 Å². The molecule has 0 bridgehead atoms. The van der Waals surface area contributed by atoms with Crippen molar-refractivity contribution in [3.8, 4) is 0 Å². The fourth-order valence-corrected chi connectivity index (χ4v) is 2.43. The average molecular weight is 339 g/mol. The Morgan fingerprint density at radius 2 is 1.56 bits per heavy atom. The summed E-state index contributed by atoms with van der Waals surface area (Å²) in [5.41, 5.74) is 3.09. The highest BCUT2D eigenvalue weighted by molar-refractivity contribution is 5.92. The third-order valence-electron chi connectivity index (χ3n) is 3.74. The van der Waals surface area contributed by atoms with Crippen LogP contribution in [0, 0.1) is 6.92 Å². The summed E-state index contributed by atoms with van der Waals surface area (Å²) in [6.45, 7) is 2.94. The van der Waals surface area contributed by atoms with Crippen molar-refractivity contribution in [2.75, 3.05) is 32.0 Å². The number of benzene rings is 2. The van der Waals surface area contributed by atoms with Crippen molar-refractivity contribution < 1.29 is 9.59 Å². The van der Waals surface area contributed by atoms with Crippen LogP contribution in [0.5, 0.6) is 0 Å². The Morgan fingerprint density at radius 3 is 2.24 bits per heavy atom. The normalized spacial score (nSPS) is 10.5. The average Bonchev–Trinajstić information content (AvgIpc) is 2.57. The molecule has 0 saturated heterocycles. The maximum atomic E-state index is 12.0. The van der Waals surface area contributed by atoms with Crippen LogP contribution in [0.15, 0.2) is 54.6 Å². The number of carbonyl (C=O) groups excluding carboxylic acids is 2. The first-order chi connectivity index (χ1) is 12.0. The Bertz CT molecular complexity index is 684. The van der Waals surface area contributed by atoms with Crippen molar-refractivity contribution in [3.63, 3.8) is 0 Å². The summed E-state index contributed by atoms with van der Waals surface area (Å²) in [5, 5.41) is 5.70. The highest BCUT2D eigenvalue weighted by Gasteiger charge is 2.10. The summed E-state index contributed by atoms with van der Waals surface area (Å²) in [6, 6.07) is 17.6. The van der Waals surface area contributed by atoms with Crippen LogP contribution in [0.4, 0.5) is 5.69 Å². The Labute approximate surface area is 149 Å². The lowest BCUT2D eigenvalue weighted by Crippen LogP contribution is -2.39. The summed E-state index contributed by atoms with van der Waals surface area (Å²) < 4.78 is 0. The van der Waals surface area contributed by atoms with Crippen LogP contribution >= 0.6 is 0 Å². The topological polar surface area (TPSA) is 61.4 Å². The molecule has 0 aromatic heterocycles. The van der Waals surface area contributed by atoms with Gasteiger partial charge in [-0.1, -0.05) is 48.0 Å². The van der Waals surface area contributed by atoms with Gasteiger partial charge in [0, 0.05) is 12.2 Å². The van der Waals surface area contributed by atoms with Crippen LogP contribution < -0.4 is 10.6 Å². The van der Waals surface area contributed by atoms with Crippen LogP contribution in [-0.4, -0.2) is 43.4 Å². The van der Waals surface area contributed by atoms with Gasteiger partial charge in [-0.25, -0.2) is 0 Å². The van der Waals surface area contributed by atoms with Crippen molar-refractivity contribution in [1.29, 1.82) is 0 Å². The molecular weight excluding hydrogens is 314 g/mol. The number of hydrogen-bond acceptors (Lipinski definition) is 3. The number of aryl methyl sites for hydroxylation is 1. The lowest BCUT2D eigenvalue weighted by molar-refractivity contribution is -0.122. The SMILES string of the molecule is Cc1ccc(NC(=O)CN(C)CC(=O)NCCc2ccccc2)cc1. The molecule has 0 atom stereocenters. The van der Waals surface area contributed by atoms with E-state index in [-0.39, 0.29) is 24.9 Å². The van der Waals surface area contributed by atoms with Gasteiger partial charge >= 0.3 is 0 Å². The second-order valence-electron chi connectivity index (χ2n) is 6.17. The van der Waals surface area contributed by atoms with E-state index in [1.165, 1.54) is 5.56 Å². The number of hydrogen-bond donors (Lipinski definition) is 2. The third-order valence-corrected chi connectivity index (χ3v) is 3.74. The van der Waals surface area contributed by atoms with Gasteiger partial charge in [0.25, 0.3) is 0 Å². The minimum Gasteiger partial charge on any atom is -0.355 e. The van der Waals surface area contributed by atoms with Crippen molar-refractivity contribution in [3.05, 3.63) is 65.7 Å². The van der Waals surface area contributed by atoms with Gasteiger partial charge in [-0.05, 0) is 38.1 Å². The predicted octanol–water partition coefficient (Wildman–Crippen LogP) is 2.22. The fourth-order valence-electron chi connectivity index (χ4n) is 2.43. The molecule has 0 spiro atoms. The highest BCUT2D eigenvalue weighted by Crippen LogP contribution is 2.08. The quantitative estimate of drug-likeness (QED) is 0.775. The van der Waals surface area contributed by atoms with Crippen LogP contribution in [0.2, 0.25) is 0 Å². The first-order valence-electron chi connectivity index (χ1n) is 8.38. The molecule has 2 aromatic rings. The number of rotatable bonds is 8. The zero-order valence-electron chi connectivity index (χ0n) is 14.8. The second-order valence-corrected chi connectivity index (χ2v) is 6.17. The van der Waals surface area contributed by atoms with E-state index in [9.17, 15) is 9.59 Å². The number of likely N-dealkylation sites (N-methyl/N-ethyl adjacent to an activating group) is 1. The second kappa shape index (κ2) is 9.59. The number of nitrogens with zero attached hydrogens (tertiary/aromatic N) is 1. The van der Waals surface area contributed by atoms with Crippen LogP contribution in [0.1, 0.15) is 11.1 Å². The predicted molar refractivity (Wildman–Crippen MR) is 100 cm³/mol. The summed E-state index contributed by atoms with van der Waals surface area (Å²) >= 11 is 0. The molecule has 2 N–H and O–H groups in total. The van der Waals surface area contributed by atoms with E-state index in [1.54, 1.807) is 11.9 Å². The van der Waals surface area contributed by atoms with Crippen molar-refractivity contribution in [1.82, 2.24) is 10.2 Å². The molecular formula is C20H25N3O2. The molecule has 5 nitrogen and oxygen atoms in total. The molecule has 0 heterocycles. The van der Waals surface area contributed by atoms with Gasteiger partial charge in [-0.3, -0.25) is 14.5 Å². The molecule has 2 aromatic carbocycles. The lowest BCUT2D eigenvalue weighted by Gasteiger charge is -2.16. The molecule has 0 aliphatic carbocycles. The molecule has 2 rings (SSSR count). The smallest absolute Gasteiger partial charge is 0.238 e. The molecule has 0 fully saturated rings. The molecule has 2 amide bonds. The van der Waals surface area contributed by atoms with Gasteiger partial charge in [0.1, 0.15) is 0 Å². The van der Waals surface area contributed by atoms with E-state index in [4.69, 9.17) is 0 Å². The summed E-state index contributed by atoms with van der Waals surface area (Å²) in [6.07, 6.45) is 0.796. The van der Waals surface area contributed by atoms with Crippen LogP contribution in [0.3, 0.4) is 0 Å². The van der Waals surface area contributed by atoms with Crippen LogP contribution in [-0.2, 0) is 16.0 Å². The van der Waals surface area contributed by atoms with Crippen molar-refractivity contribution in [2.24, 2.45) is 0 Å². The maximum absolute atomic E-state index is 12.0. The van der Waals surface area contributed by atoms with Gasteiger partial charge in [-0.15, -0.1) is 0 Å². The van der Waals surface area contributed by atoms with E-state index in [2.05, 4.69) is 10.6 Å². The highest BCUT2D eigenvalue weighted by atomic mass is 16.2. The number of anilines is 1. The van der Waals surface area contributed by atoms with Gasteiger partial charge in [0.15, 0.2) is 0 Å². The molecule has 25 heavy (non-hydrogen) atoms. The Kier molecular flexibility index (Phi) is 7.16. The zero-order chi connectivity index (χ0) is 18.1. The number of amides is 2. The zero-order valence-corrected chi connectivity index (χ0v) is 14.8. The Morgan fingerprint density at radius 1 is 0.920 bits per heavy atom. The minimum absolute atomic E-state index is 0.0819. The van der Waals surface area contributed by atoms with E-state index in [1.807, 2.05) is 61.5 Å². The van der Waals surface area contributed by atoms with Crippen LogP contribution in [0.25, 0.3) is 0 Å². The first kappa shape index (κ1) is 18.7. The molecule has 5 heteroatoms. The molecule has 0 saturated carbocycles. The lowest BCUT2D eigenvalue weighted by atomic mass is 10.1. The largest absolute Gasteiger partial charge is 0.355 e. The van der Waals surface area contributed by atoms with Gasteiger partial charge < -0.3 is 10.6 Å². The minimum atomic E-state index is -0.136. The molecule has 132 valence electrons. The molecule has 0 aliphatic heterocycles. The van der Waals surface area contributed by atoms with E-state index in [0.717, 1.165) is 17.7 Å². The van der Waals surface area contributed by atoms with Gasteiger partial charge in [0.05, 0.1) is 13.1 Å². The summed E-state index contributed by atoms with van der Waals surface area (Å²) in [4.78, 5) is 25.6. The molecule has 0 aliphatic rings. The van der Waals surface area contributed by atoms with E-state index < -0.39 is 0 Å². The Hall–Kier alpha value is -2.66. The van der Waals surface area contributed by atoms with E-state index >= 15 is 0 Å².